The van der Waals surface area contributed by atoms with Gasteiger partial charge in [0.2, 0.25) is 0 Å². The highest BCUT2D eigenvalue weighted by Gasteiger charge is 2.38. The monoisotopic (exact) mass is 426 g/mol. The summed E-state index contributed by atoms with van der Waals surface area (Å²) >= 11 is 0. The fourth-order valence-corrected chi connectivity index (χ4v) is 2.43. The van der Waals surface area contributed by atoms with Crippen LogP contribution in [0, 0.1) is 0 Å². The second kappa shape index (κ2) is 11.6. The third-order valence-electron chi connectivity index (χ3n) is 4.05. The zero-order valence-electron chi connectivity index (χ0n) is 17.4. The summed E-state index contributed by atoms with van der Waals surface area (Å²) in [5.74, 6) is -1.04. The summed E-state index contributed by atoms with van der Waals surface area (Å²) in [4.78, 5) is 8.90. The SMILES string of the molecule is CC(NCCCC(C)(C)N)c1ccc(Oc2ccccc2)cc1.O=C(O)C(F)(F)F. The quantitative estimate of drug-likeness (QED) is 0.500. The van der Waals surface area contributed by atoms with Crippen molar-refractivity contribution >= 4 is 5.97 Å². The molecule has 0 amide bonds. The van der Waals surface area contributed by atoms with Gasteiger partial charge in [0, 0.05) is 11.6 Å². The van der Waals surface area contributed by atoms with Crippen LogP contribution in [0.1, 0.15) is 45.2 Å². The van der Waals surface area contributed by atoms with E-state index in [0.717, 1.165) is 30.9 Å². The first-order valence-electron chi connectivity index (χ1n) is 9.54. The molecule has 166 valence electrons. The Morgan fingerprint density at radius 1 is 1.07 bits per heavy atom. The molecule has 0 saturated carbocycles. The van der Waals surface area contributed by atoms with E-state index in [-0.39, 0.29) is 5.54 Å². The van der Waals surface area contributed by atoms with Gasteiger partial charge in [-0.1, -0.05) is 30.3 Å². The number of benzene rings is 2. The summed E-state index contributed by atoms with van der Waals surface area (Å²) in [5, 5.41) is 10.7. The summed E-state index contributed by atoms with van der Waals surface area (Å²) in [5.41, 5.74) is 7.18. The van der Waals surface area contributed by atoms with Crippen molar-refractivity contribution in [1.82, 2.24) is 5.32 Å². The van der Waals surface area contributed by atoms with Crippen LogP contribution in [-0.4, -0.2) is 29.3 Å². The number of para-hydroxylation sites is 1. The molecule has 4 N–H and O–H groups in total. The minimum absolute atomic E-state index is 0.0820. The van der Waals surface area contributed by atoms with Gasteiger partial charge in [-0.2, -0.15) is 13.2 Å². The maximum Gasteiger partial charge on any atom is 0.490 e. The lowest BCUT2D eigenvalue weighted by Crippen LogP contribution is -2.33. The molecule has 5 nitrogen and oxygen atoms in total. The molecule has 0 fully saturated rings. The fourth-order valence-electron chi connectivity index (χ4n) is 2.43. The first-order chi connectivity index (χ1) is 13.9. The number of carboxylic acids is 1. The van der Waals surface area contributed by atoms with E-state index in [1.807, 2.05) is 42.5 Å². The highest BCUT2D eigenvalue weighted by atomic mass is 19.4. The van der Waals surface area contributed by atoms with Gasteiger partial charge in [0.05, 0.1) is 0 Å². The van der Waals surface area contributed by atoms with E-state index in [0.29, 0.717) is 6.04 Å². The van der Waals surface area contributed by atoms with E-state index in [1.54, 1.807) is 0 Å². The predicted molar refractivity (Wildman–Crippen MR) is 111 cm³/mol. The first-order valence-corrected chi connectivity index (χ1v) is 9.54. The maximum absolute atomic E-state index is 10.6. The van der Waals surface area contributed by atoms with E-state index in [9.17, 15) is 13.2 Å². The van der Waals surface area contributed by atoms with E-state index in [1.165, 1.54) is 5.56 Å². The molecule has 0 aliphatic rings. The molecule has 2 aromatic carbocycles. The number of carbonyl (C=O) groups is 1. The van der Waals surface area contributed by atoms with Crippen molar-refractivity contribution in [3.63, 3.8) is 0 Å². The highest BCUT2D eigenvalue weighted by Crippen LogP contribution is 2.23. The number of alkyl halides is 3. The largest absolute Gasteiger partial charge is 0.490 e. The lowest BCUT2D eigenvalue weighted by molar-refractivity contribution is -0.192. The van der Waals surface area contributed by atoms with E-state index >= 15 is 0 Å². The van der Waals surface area contributed by atoms with E-state index < -0.39 is 12.1 Å². The van der Waals surface area contributed by atoms with Gasteiger partial charge < -0.3 is 20.9 Å². The van der Waals surface area contributed by atoms with Gasteiger partial charge in [-0.3, -0.25) is 0 Å². The van der Waals surface area contributed by atoms with Crippen LogP contribution in [0.3, 0.4) is 0 Å². The van der Waals surface area contributed by atoms with Crippen LogP contribution in [0.5, 0.6) is 11.5 Å². The van der Waals surface area contributed by atoms with Crippen LogP contribution in [0.25, 0.3) is 0 Å². The second-order valence-corrected chi connectivity index (χ2v) is 7.56. The summed E-state index contributed by atoms with van der Waals surface area (Å²) < 4.78 is 37.6. The molecular weight excluding hydrogens is 397 g/mol. The number of ether oxygens (including phenoxy) is 1. The normalized spacial score (nSPS) is 12.5. The Balaban J connectivity index is 0.000000553. The molecule has 2 rings (SSSR count). The number of nitrogens with one attached hydrogen (secondary N) is 1. The molecule has 0 aliphatic carbocycles. The number of hydrogen-bond donors (Lipinski definition) is 3. The van der Waals surface area contributed by atoms with Gasteiger partial charge in [0.1, 0.15) is 11.5 Å². The van der Waals surface area contributed by atoms with Crippen molar-refractivity contribution < 1.29 is 27.8 Å². The standard InChI is InChI=1S/C20H28N2O.C2HF3O2/c1-16(22-15-7-14-20(2,3)21)17-10-12-19(13-11-17)23-18-8-5-4-6-9-18;3-2(4,5)1(6)7/h4-6,8-13,16,22H,7,14-15,21H2,1-3H3;(H,6,7). The van der Waals surface area contributed by atoms with Gasteiger partial charge in [-0.05, 0) is 70.0 Å². The molecule has 0 spiro atoms. The average Bonchev–Trinajstić information content (AvgIpc) is 2.65. The number of hydrogen-bond acceptors (Lipinski definition) is 4. The van der Waals surface area contributed by atoms with Crippen LogP contribution in [-0.2, 0) is 4.79 Å². The molecule has 0 bridgehead atoms. The Hall–Kier alpha value is -2.58. The second-order valence-electron chi connectivity index (χ2n) is 7.56. The number of halogens is 3. The smallest absolute Gasteiger partial charge is 0.475 e. The third-order valence-corrected chi connectivity index (χ3v) is 4.05. The van der Waals surface area contributed by atoms with Crippen LogP contribution >= 0.6 is 0 Å². The number of rotatable bonds is 8. The molecule has 30 heavy (non-hydrogen) atoms. The van der Waals surface area contributed by atoms with E-state index in [4.69, 9.17) is 20.4 Å². The average molecular weight is 426 g/mol. The molecule has 1 atom stereocenters. The zero-order chi connectivity index (χ0) is 22.8. The molecule has 0 saturated heterocycles. The summed E-state index contributed by atoms with van der Waals surface area (Å²) in [6.07, 6.45) is -2.97. The lowest BCUT2D eigenvalue weighted by atomic mass is 10.00. The zero-order valence-corrected chi connectivity index (χ0v) is 17.4. The van der Waals surface area contributed by atoms with Crippen LogP contribution < -0.4 is 15.8 Å². The Morgan fingerprint density at radius 3 is 2.03 bits per heavy atom. The molecule has 0 heterocycles. The van der Waals surface area contributed by atoms with Gasteiger partial charge in [-0.15, -0.1) is 0 Å². The molecule has 0 aromatic heterocycles. The maximum atomic E-state index is 10.6. The lowest BCUT2D eigenvalue weighted by Gasteiger charge is -2.20. The predicted octanol–water partition coefficient (Wildman–Crippen LogP) is 5.28. The minimum Gasteiger partial charge on any atom is -0.475 e. The number of nitrogens with two attached hydrogens (primary N) is 1. The third kappa shape index (κ3) is 10.8. The van der Waals surface area contributed by atoms with Crippen molar-refractivity contribution in [2.45, 2.75) is 51.4 Å². The van der Waals surface area contributed by atoms with Gasteiger partial charge in [0.25, 0.3) is 0 Å². The Morgan fingerprint density at radius 2 is 1.57 bits per heavy atom. The Bertz CT molecular complexity index is 758. The molecule has 8 heteroatoms. The summed E-state index contributed by atoms with van der Waals surface area (Å²) in [6.45, 7) is 7.30. The summed E-state index contributed by atoms with van der Waals surface area (Å²) in [7, 11) is 0. The van der Waals surface area contributed by atoms with Gasteiger partial charge in [0.15, 0.2) is 0 Å². The first kappa shape index (κ1) is 25.5. The molecule has 1 unspecified atom stereocenters. The van der Waals surface area contributed by atoms with E-state index in [2.05, 4.69) is 38.2 Å². The molecule has 0 radical (unpaired) electrons. The highest BCUT2D eigenvalue weighted by molar-refractivity contribution is 5.73. The number of carboxylic acid groups (broad SMARTS) is 1. The minimum atomic E-state index is -5.08. The van der Waals surface area contributed by atoms with Crippen LogP contribution in [0.15, 0.2) is 54.6 Å². The fraction of sp³-hybridized carbons (Fsp3) is 0.409. The van der Waals surface area contributed by atoms with Crippen molar-refractivity contribution in [2.75, 3.05) is 6.54 Å². The molecule has 2 aromatic rings. The van der Waals surface area contributed by atoms with Crippen LogP contribution in [0.2, 0.25) is 0 Å². The topological polar surface area (TPSA) is 84.6 Å². The Labute approximate surface area is 175 Å². The molecular formula is C22H29F3N2O3. The van der Waals surface area contributed by atoms with Crippen molar-refractivity contribution in [1.29, 1.82) is 0 Å². The van der Waals surface area contributed by atoms with Gasteiger partial charge >= 0.3 is 12.1 Å². The van der Waals surface area contributed by atoms with Crippen molar-refractivity contribution in [3.8, 4) is 11.5 Å². The van der Waals surface area contributed by atoms with Crippen LogP contribution in [0.4, 0.5) is 13.2 Å². The van der Waals surface area contributed by atoms with Crippen molar-refractivity contribution in [2.24, 2.45) is 5.73 Å². The Kier molecular flexibility index (Phi) is 9.81. The summed E-state index contributed by atoms with van der Waals surface area (Å²) in [6, 6.07) is 18.4. The van der Waals surface area contributed by atoms with Gasteiger partial charge in [-0.25, -0.2) is 4.79 Å². The number of aliphatic carboxylic acids is 1. The molecule has 0 aliphatic heterocycles. The van der Waals surface area contributed by atoms with Crippen molar-refractivity contribution in [3.05, 3.63) is 60.2 Å².